The Labute approximate surface area is 174 Å². The fourth-order valence-corrected chi connectivity index (χ4v) is 3.06. The minimum absolute atomic E-state index is 0. The second-order valence-corrected chi connectivity index (χ2v) is 6.72. The fourth-order valence-electron chi connectivity index (χ4n) is 3.06. The number of nitrogens with zero attached hydrogens (tertiary/aromatic N) is 1. The van der Waals surface area contributed by atoms with Gasteiger partial charge in [0.1, 0.15) is 5.76 Å². The normalized spacial score (nSPS) is 18.4. The van der Waals surface area contributed by atoms with Gasteiger partial charge >= 0.3 is 0 Å². The van der Waals surface area contributed by atoms with Crippen LogP contribution in [0.1, 0.15) is 38.4 Å². The van der Waals surface area contributed by atoms with Crippen LogP contribution in [-0.4, -0.2) is 50.5 Å². The number of ether oxygens (including phenoxy) is 1. The van der Waals surface area contributed by atoms with E-state index in [1.165, 1.54) is 0 Å². The Hall–Kier alpha value is -0.800. The van der Waals surface area contributed by atoms with Gasteiger partial charge in [-0.2, -0.15) is 0 Å². The molecule has 0 aliphatic carbocycles. The van der Waals surface area contributed by atoms with Crippen molar-refractivity contribution in [1.82, 2.24) is 10.6 Å². The Morgan fingerprint density at radius 2 is 2.27 bits per heavy atom. The monoisotopic (exact) mass is 479 g/mol. The molecule has 26 heavy (non-hydrogen) atoms. The van der Waals surface area contributed by atoms with Crippen LogP contribution in [0.5, 0.6) is 0 Å². The van der Waals surface area contributed by atoms with E-state index in [-0.39, 0.29) is 30.6 Å². The van der Waals surface area contributed by atoms with Crippen molar-refractivity contribution in [3.05, 3.63) is 24.2 Å². The van der Waals surface area contributed by atoms with Gasteiger partial charge in [0, 0.05) is 45.2 Å². The summed E-state index contributed by atoms with van der Waals surface area (Å²) in [6, 6.07) is 3.90. The number of hydrogen-bond donors (Lipinski definition) is 3. The standard InChI is InChI=1S/C19H33N3O3.HI/c1-2-4-16(7-10-23)13-21-19(22-14-17-8-12-24-15-17)20-9-6-18-5-3-11-25-18;/h3,5,11,16-17,23H,2,4,6-10,12-15H2,1H3,(H2,20,21,22);1H. The summed E-state index contributed by atoms with van der Waals surface area (Å²) < 4.78 is 10.8. The average Bonchev–Trinajstić information content (AvgIpc) is 3.30. The highest BCUT2D eigenvalue weighted by Crippen LogP contribution is 2.12. The number of aliphatic imine (C=N–C) groups is 1. The highest BCUT2D eigenvalue weighted by molar-refractivity contribution is 14.0. The fraction of sp³-hybridized carbons (Fsp3) is 0.737. The van der Waals surface area contributed by atoms with Crippen LogP contribution >= 0.6 is 24.0 Å². The molecule has 1 aliphatic heterocycles. The lowest BCUT2D eigenvalue weighted by atomic mass is 10.0. The third kappa shape index (κ3) is 9.23. The number of furan rings is 1. The molecule has 2 rings (SSSR count). The number of nitrogens with one attached hydrogen (secondary N) is 2. The predicted molar refractivity (Wildman–Crippen MR) is 115 cm³/mol. The van der Waals surface area contributed by atoms with Crippen molar-refractivity contribution in [2.24, 2.45) is 16.8 Å². The highest BCUT2D eigenvalue weighted by Gasteiger charge is 2.16. The second-order valence-electron chi connectivity index (χ2n) is 6.72. The Balaban J connectivity index is 0.00000338. The number of halogens is 1. The van der Waals surface area contributed by atoms with Gasteiger partial charge in [-0.25, -0.2) is 0 Å². The first-order valence-corrected chi connectivity index (χ1v) is 9.55. The number of hydrogen-bond acceptors (Lipinski definition) is 4. The molecule has 0 aromatic carbocycles. The molecule has 0 radical (unpaired) electrons. The van der Waals surface area contributed by atoms with Gasteiger partial charge in [0.2, 0.25) is 0 Å². The molecular weight excluding hydrogens is 445 g/mol. The van der Waals surface area contributed by atoms with Gasteiger partial charge in [-0.3, -0.25) is 4.99 Å². The van der Waals surface area contributed by atoms with E-state index in [0.717, 1.165) is 76.7 Å². The quantitative estimate of drug-likeness (QED) is 0.259. The Bertz CT molecular complexity index is 470. The zero-order valence-corrected chi connectivity index (χ0v) is 18.1. The van der Waals surface area contributed by atoms with Crippen molar-refractivity contribution in [3.63, 3.8) is 0 Å². The van der Waals surface area contributed by atoms with Crippen LogP contribution in [0.25, 0.3) is 0 Å². The Morgan fingerprint density at radius 3 is 2.92 bits per heavy atom. The number of aliphatic hydroxyl groups is 1. The van der Waals surface area contributed by atoms with Gasteiger partial charge in [-0.05, 0) is 37.3 Å². The van der Waals surface area contributed by atoms with Crippen molar-refractivity contribution in [2.75, 3.05) is 39.5 Å². The smallest absolute Gasteiger partial charge is 0.191 e. The molecule has 1 aliphatic rings. The van der Waals surface area contributed by atoms with Crippen LogP contribution < -0.4 is 10.6 Å². The summed E-state index contributed by atoms with van der Waals surface area (Å²) in [4.78, 5) is 4.75. The minimum atomic E-state index is 0. The summed E-state index contributed by atoms with van der Waals surface area (Å²) in [5, 5.41) is 16.1. The first-order valence-electron chi connectivity index (χ1n) is 9.55. The maximum Gasteiger partial charge on any atom is 0.191 e. The summed E-state index contributed by atoms with van der Waals surface area (Å²) in [7, 11) is 0. The van der Waals surface area contributed by atoms with Crippen molar-refractivity contribution < 1.29 is 14.3 Å². The average molecular weight is 479 g/mol. The maximum absolute atomic E-state index is 9.22. The van der Waals surface area contributed by atoms with Crippen molar-refractivity contribution in [1.29, 1.82) is 0 Å². The van der Waals surface area contributed by atoms with Gasteiger partial charge in [0.05, 0.1) is 12.9 Å². The molecular formula is C19H34IN3O3. The topological polar surface area (TPSA) is 79.0 Å². The summed E-state index contributed by atoms with van der Waals surface area (Å²) >= 11 is 0. The van der Waals surface area contributed by atoms with E-state index < -0.39 is 0 Å². The number of aliphatic hydroxyl groups excluding tert-OH is 1. The van der Waals surface area contributed by atoms with E-state index in [2.05, 4.69) is 17.6 Å². The summed E-state index contributed by atoms with van der Waals surface area (Å²) in [5.41, 5.74) is 0. The molecule has 0 spiro atoms. The molecule has 1 aromatic rings. The first-order chi connectivity index (χ1) is 12.3. The van der Waals surface area contributed by atoms with Crippen molar-refractivity contribution >= 4 is 29.9 Å². The van der Waals surface area contributed by atoms with Gasteiger partial charge in [-0.1, -0.05) is 13.3 Å². The molecule has 1 aromatic heterocycles. The molecule has 150 valence electrons. The Morgan fingerprint density at radius 1 is 1.38 bits per heavy atom. The zero-order chi connectivity index (χ0) is 17.7. The van der Waals surface area contributed by atoms with Crippen molar-refractivity contribution in [3.8, 4) is 0 Å². The summed E-state index contributed by atoms with van der Waals surface area (Å²) in [6.07, 6.45) is 6.67. The largest absolute Gasteiger partial charge is 0.469 e. The van der Waals surface area contributed by atoms with Crippen LogP contribution in [0, 0.1) is 11.8 Å². The van der Waals surface area contributed by atoms with Crippen LogP contribution in [0.3, 0.4) is 0 Å². The molecule has 2 unspecified atom stereocenters. The van der Waals surface area contributed by atoms with Gasteiger partial charge in [0.15, 0.2) is 5.96 Å². The molecule has 2 atom stereocenters. The Kier molecular flexibility index (Phi) is 12.8. The van der Waals surface area contributed by atoms with E-state index in [9.17, 15) is 5.11 Å². The predicted octanol–water partition coefficient (Wildman–Crippen LogP) is 2.81. The number of guanidine groups is 1. The molecule has 1 saturated heterocycles. The maximum atomic E-state index is 9.22. The van der Waals surface area contributed by atoms with E-state index in [0.29, 0.717) is 11.8 Å². The first kappa shape index (κ1) is 23.2. The SMILES string of the molecule is CCCC(CCO)CN=C(NCCc1ccco1)NCC1CCOC1.I. The molecule has 2 heterocycles. The molecule has 1 fully saturated rings. The van der Waals surface area contributed by atoms with Gasteiger partial charge in [-0.15, -0.1) is 24.0 Å². The van der Waals surface area contributed by atoms with E-state index in [4.69, 9.17) is 14.1 Å². The molecule has 0 bridgehead atoms. The third-order valence-electron chi connectivity index (χ3n) is 4.57. The third-order valence-corrected chi connectivity index (χ3v) is 4.57. The lowest BCUT2D eigenvalue weighted by molar-refractivity contribution is 0.186. The molecule has 3 N–H and O–H groups in total. The highest BCUT2D eigenvalue weighted by atomic mass is 127. The van der Waals surface area contributed by atoms with Crippen molar-refractivity contribution in [2.45, 2.75) is 39.0 Å². The van der Waals surface area contributed by atoms with Gasteiger partial charge < -0.3 is 24.9 Å². The molecule has 0 saturated carbocycles. The minimum Gasteiger partial charge on any atom is -0.469 e. The lowest BCUT2D eigenvalue weighted by Gasteiger charge is -2.17. The van der Waals surface area contributed by atoms with Crippen LogP contribution in [0.15, 0.2) is 27.8 Å². The summed E-state index contributed by atoms with van der Waals surface area (Å²) in [5.74, 6) is 2.81. The molecule has 0 amide bonds. The van der Waals surface area contributed by atoms with Crippen LogP contribution in [0.2, 0.25) is 0 Å². The molecule has 7 heteroatoms. The second kappa shape index (κ2) is 14.3. The number of rotatable bonds is 11. The van der Waals surface area contributed by atoms with Gasteiger partial charge in [0.25, 0.3) is 0 Å². The van der Waals surface area contributed by atoms with Crippen LogP contribution in [-0.2, 0) is 11.2 Å². The van der Waals surface area contributed by atoms with E-state index in [1.807, 2.05) is 12.1 Å². The van der Waals surface area contributed by atoms with E-state index >= 15 is 0 Å². The zero-order valence-electron chi connectivity index (χ0n) is 15.8. The van der Waals surface area contributed by atoms with Crippen LogP contribution in [0.4, 0.5) is 0 Å². The molecule has 6 nitrogen and oxygen atoms in total. The van der Waals surface area contributed by atoms with E-state index in [1.54, 1.807) is 6.26 Å². The summed E-state index contributed by atoms with van der Waals surface area (Å²) in [6.45, 7) is 6.49. The lowest BCUT2D eigenvalue weighted by Crippen LogP contribution is -2.41.